The summed E-state index contributed by atoms with van der Waals surface area (Å²) in [6, 6.07) is 6.72. The van der Waals surface area contributed by atoms with Crippen molar-refractivity contribution in [2.75, 3.05) is 13.7 Å². The number of methoxy groups -OCH3 is 1. The lowest BCUT2D eigenvalue weighted by Crippen LogP contribution is -2.28. The van der Waals surface area contributed by atoms with Gasteiger partial charge in [-0.05, 0) is 17.7 Å². The number of amides is 1. The van der Waals surface area contributed by atoms with Crippen LogP contribution in [0.5, 0.6) is 5.75 Å². The summed E-state index contributed by atoms with van der Waals surface area (Å²) in [4.78, 5) is 10.9. The summed E-state index contributed by atoms with van der Waals surface area (Å²) in [5.41, 5.74) is 0.722. The van der Waals surface area contributed by atoms with Crippen LogP contribution in [0.1, 0.15) is 5.56 Å². The highest BCUT2D eigenvalue weighted by Crippen LogP contribution is 2.14. The van der Waals surface area contributed by atoms with Crippen LogP contribution in [-0.2, 0) is 11.3 Å². The minimum atomic E-state index is -4.52. The third-order valence-corrected chi connectivity index (χ3v) is 1.96. The summed E-state index contributed by atoms with van der Waals surface area (Å²) in [7, 11) is 1.52. The van der Waals surface area contributed by atoms with E-state index in [1.54, 1.807) is 24.3 Å². The van der Waals surface area contributed by atoms with Crippen LogP contribution in [0.4, 0.5) is 18.0 Å². The van der Waals surface area contributed by atoms with Gasteiger partial charge in [0, 0.05) is 6.54 Å². The maximum atomic E-state index is 11.7. The van der Waals surface area contributed by atoms with Gasteiger partial charge in [-0.2, -0.15) is 13.2 Å². The van der Waals surface area contributed by atoms with Crippen molar-refractivity contribution in [2.45, 2.75) is 12.7 Å². The number of carbonyl (C=O) groups is 1. The molecule has 0 atom stereocenters. The molecule has 1 aromatic rings. The van der Waals surface area contributed by atoms with Gasteiger partial charge in [0.15, 0.2) is 6.61 Å². The van der Waals surface area contributed by atoms with Gasteiger partial charge in [-0.3, -0.25) is 0 Å². The van der Waals surface area contributed by atoms with Crippen LogP contribution in [0.15, 0.2) is 24.3 Å². The predicted octanol–water partition coefficient (Wildman–Crippen LogP) is 2.48. The van der Waals surface area contributed by atoms with Gasteiger partial charge in [0.2, 0.25) is 0 Å². The summed E-state index contributed by atoms with van der Waals surface area (Å²) in [5, 5.41) is 2.21. The first-order valence-electron chi connectivity index (χ1n) is 5.01. The van der Waals surface area contributed by atoms with Gasteiger partial charge in [0.05, 0.1) is 7.11 Å². The third kappa shape index (κ3) is 5.42. The maximum Gasteiger partial charge on any atom is 0.422 e. The Morgan fingerprint density at radius 3 is 2.39 bits per heavy atom. The highest BCUT2D eigenvalue weighted by atomic mass is 19.4. The average Bonchev–Trinajstić information content (AvgIpc) is 2.33. The molecule has 0 heterocycles. The zero-order chi connectivity index (χ0) is 13.6. The molecule has 0 saturated heterocycles. The van der Waals surface area contributed by atoms with Crippen molar-refractivity contribution in [1.29, 1.82) is 0 Å². The second-order valence-corrected chi connectivity index (χ2v) is 3.39. The highest BCUT2D eigenvalue weighted by Gasteiger charge is 2.29. The molecule has 0 aromatic heterocycles. The summed E-state index contributed by atoms with van der Waals surface area (Å²) < 4.78 is 44.1. The van der Waals surface area contributed by atoms with E-state index in [-0.39, 0.29) is 6.54 Å². The molecule has 100 valence electrons. The van der Waals surface area contributed by atoms with Gasteiger partial charge in [-0.1, -0.05) is 12.1 Å². The van der Waals surface area contributed by atoms with Crippen LogP contribution in [0.3, 0.4) is 0 Å². The molecule has 1 amide bonds. The summed E-state index contributed by atoms with van der Waals surface area (Å²) in [6.07, 6.45) is -5.62. The standard InChI is InChI=1S/C11H12F3NO3/c1-17-9-4-2-8(3-5-9)6-15-10(16)18-7-11(12,13)14/h2-5H,6-7H2,1H3,(H,15,16). The topological polar surface area (TPSA) is 47.6 Å². The van der Waals surface area contributed by atoms with E-state index in [2.05, 4.69) is 10.1 Å². The number of ether oxygens (including phenoxy) is 2. The molecule has 0 fully saturated rings. The lowest BCUT2D eigenvalue weighted by molar-refractivity contribution is -0.160. The number of hydrogen-bond donors (Lipinski definition) is 1. The lowest BCUT2D eigenvalue weighted by atomic mass is 10.2. The molecule has 0 bridgehead atoms. The normalized spacial score (nSPS) is 10.9. The van der Waals surface area contributed by atoms with Crippen molar-refractivity contribution in [3.05, 3.63) is 29.8 Å². The Hall–Kier alpha value is -1.92. The van der Waals surface area contributed by atoms with Crippen molar-refractivity contribution >= 4 is 6.09 Å². The second-order valence-electron chi connectivity index (χ2n) is 3.39. The van der Waals surface area contributed by atoms with Crippen molar-refractivity contribution < 1.29 is 27.4 Å². The number of halogens is 3. The van der Waals surface area contributed by atoms with Crippen LogP contribution in [-0.4, -0.2) is 26.0 Å². The Bertz CT molecular complexity index is 390. The fraction of sp³-hybridized carbons (Fsp3) is 0.364. The van der Waals surface area contributed by atoms with E-state index in [0.717, 1.165) is 5.56 Å². The Kier molecular flexibility index (Phi) is 4.82. The number of nitrogens with one attached hydrogen (secondary N) is 1. The average molecular weight is 263 g/mol. The molecule has 0 spiro atoms. The monoisotopic (exact) mass is 263 g/mol. The molecular formula is C11H12F3NO3. The number of rotatable bonds is 4. The Balaban J connectivity index is 2.33. The van der Waals surface area contributed by atoms with Crippen LogP contribution in [0.25, 0.3) is 0 Å². The van der Waals surface area contributed by atoms with Gasteiger partial charge < -0.3 is 14.8 Å². The van der Waals surface area contributed by atoms with E-state index in [1.807, 2.05) is 0 Å². The van der Waals surface area contributed by atoms with Crippen molar-refractivity contribution in [1.82, 2.24) is 5.32 Å². The molecule has 1 N–H and O–H groups in total. The second kappa shape index (κ2) is 6.13. The van der Waals surface area contributed by atoms with Crippen molar-refractivity contribution in [2.24, 2.45) is 0 Å². The largest absolute Gasteiger partial charge is 0.497 e. The summed E-state index contributed by atoms with van der Waals surface area (Å²) in [6.45, 7) is -1.51. The maximum absolute atomic E-state index is 11.7. The Labute approximate surface area is 102 Å². The number of alkyl carbamates (subject to hydrolysis) is 1. The predicted molar refractivity (Wildman–Crippen MR) is 57.2 cm³/mol. The van der Waals surface area contributed by atoms with E-state index in [0.29, 0.717) is 5.75 Å². The SMILES string of the molecule is COc1ccc(CNC(=O)OCC(F)(F)F)cc1. The van der Waals surface area contributed by atoms with Gasteiger partial charge in [-0.15, -0.1) is 0 Å². The van der Waals surface area contributed by atoms with E-state index < -0.39 is 18.9 Å². The van der Waals surface area contributed by atoms with E-state index >= 15 is 0 Å². The van der Waals surface area contributed by atoms with Gasteiger partial charge in [-0.25, -0.2) is 4.79 Å². The highest BCUT2D eigenvalue weighted by molar-refractivity contribution is 5.67. The molecule has 0 aliphatic heterocycles. The van der Waals surface area contributed by atoms with Crippen LogP contribution in [0.2, 0.25) is 0 Å². The lowest BCUT2D eigenvalue weighted by Gasteiger charge is -2.09. The quantitative estimate of drug-likeness (QED) is 0.907. The first-order valence-corrected chi connectivity index (χ1v) is 5.01. The number of carbonyl (C=O) groups excluding carboxylic acids is 1. The minimum absolute atomic E-state index is 0.0840. The zero-order valence-corrected chi connectivity index (χ0v) is 9.58. The number of hydrogen-bond acceptors (Lipinski definition) is 3. The van der Waals surface area contributed by atoms with Crippen LogP contribution < -0.4 is 10.1 Å². The molecule has 4 nitrogen and oxygen atoms in total. The summed E-state index contributed by atoms with van der Waals surface area (Å²) >= 11 is 0. The van der Waals surface area contributed by atoms with E-state index in [9.17, 15) is 18.0 Å². The van der Waals surface area contributed by atoms with Crippen LogP contribution in [0, 0.1) is 0 Å². The Morgan fingerprint density at radius 2 is 1.89 bits per heavy atom. The molecule has 0 saturated carbocycles. The first-order chi connectivity index (χ1) is 8.40. The van der Waals surface area contributed by atoms with Crippen molar-refractivity contribution in [3.63, 3.8) is 0 Å². The van der Waals surface area contributed by atoms with E-state index in [4.69, 9.17) is 4.74 Å². The van der Waals surface area contributed by atoms with Crippen LogP contribution >= 0.6 is 0 Å². The van der Waals surface area contributed by atoms with Gasteiger partial charge in [0.1, 0.15) is 5.75 Å². The number of benzene rings is 1. The fourth-order valence-corrected chi connectivity index (χ4v) is 1.12. The first kappa shape index (κ1) is 14.1. The fourth-order valence-electron chi connectivity index (χ4n) is 1.12. The molecular weight excluding hydrogens is 251 g/mol. The molecule has 7 heteroatoms. The minimum Gasteiger partial charge on any atom is -0.497 e. The molecule has 0 unspecified atom stereocenters. The van der Waals surface area contributed by atoms with E-state index in [1.165, 1.54) is 7.11 Å². The molecule has 0 aliphatic carbocycles. The molecule has 0 aliphatic rings. The number of alkyl halides is 3. The molecule has 0 radical (unpaired) electrons. The zero-order valence-electron chi connectivity index (χ0n) is 9.58. The van der Waals surface area contributed by atoms with Gasteiger partial charge in [0.25, 0.3) is 0 Å². The van der Waals surface area contributed by atoms with Gasteiger partial charge >= 0.3 is 12.3 Å². The molecule has 1 aromatic carbocycles. The Morgan fingerprint density at radius 1 is 1.28 bits per heavy atom. The van der Waals surface area contributed by atoms with Crippen molar-refractivity contribution in [3.8, 4) is 5.75 Å². The smallest absolute Gasteiger partial charge is 0.422 e. The molecule has 1 rings (SSSR count). The third-order valence-electron chi connectivity index (χ3n) is 1.96. The summed E-state index contributed by atoms with van der Waals surface area (Å²) in [5.74, 6) is 0.651. The molecule has 18 heavy (non-hydrogen) atoms.